The molecule has 21 heavy (non-hydrogen) atoms. The Kier molecular flexibility index (Phi) is 6.69. The number of hydrogen-bond acceptors (Lipinski definition) is 1. The van der Waals surface area contributed by atoms with E-state index in [1.807, 2.05) is 12.1 Å². The summed E-state index contributed by atoms with van der Waals surface area (Å²) < 4.78 is 13.9. The van der Waals surface area contributed by atoms with Gasteiger partial charge in [0.05, 0.1) is 4.47 Å². The van der Waals surface area contributed by atoms with Crippen LogP contribution in [0.15, 0.2) is 22.7 Å². The topological polar surface area (TPSA) is 12.0 Å². The molecular weight excluding hydrogens is 329 g/mol. The van der Waals surface area contributed by atoms with E-state index in [1.165, 1.54) is 50.5 Å². The molecule has 1 N–H and O–H groups in total. The molecule has 0 spiro atoms. The Labute approximate surface area is 136 Å². The van der Waals surface area contributed by atoms with Crippen LogP contribution < -0.4 is 5.32 Å². The Morgan fingerprint density at radius 1 is 1.19 bits per heavy atom. The highest BCUT2D eigenvalue weighted by Gasteiger charge is 2.30. The Balaban J connectivity index is 1.95. The van der Waals surface area contributed by atoms with Crippen LogP contribution >= 0.6 is 15.9 Å². The van der Waals surface area contributed by atoms with Crippen molar-refractivity contribution in [3.63, 3.8) is 0 Å². The smallest absolute Gasteiger partial charge is 0.137 e. The van der Waals surface area contributed by atoms with Crippen molar-refractivity contribution in [1.82, 2.24) is 5.32 Å². The number of rotatable bonds is 7. The molecule has 0 amide bonds. The molecule has 118 valence electrons. The van der Waals surface area contributed by atoms with Gasteiger partial charge in [0.2, 0.25) is 0 Å². The second-order valence-corrected chi connectivity index (χ2v) is 7.27. The summed E-state index contributed by atoms with van der Waals surface area (Å²) in [4.78, 5) is 0. The summed E-state index contributed by atoms with van der Waals surface area (Å²) in [7, 11) is 0. The van der Waals surface area contributed by atoms with Crippen molar-refractivity contribution < 1.29 is 4.39 Å². The third-order valence-electron chi connectivity index (χ3n) is 4.92. The highest BCUT2D eigenvalue weighted by Crippen LogP contribution is 2.43. The molecule has 0 unspecified atom stereocenters. The maximum atomic E-state index is 13.3. The van der Waals surface area contributed by atoms with Crippen molar-refractivity contribution in [2.45, 2.75) is 58.3 Å². The quantitative estimate of drug-likeness (QED) is 0.639. The third kappa shape index (κ3) is 5.07. The predicted octanol–water partition coefficient (Wildman–Crippen LogP) is 5.47. The van der Waals surface area contributed by atoms with Crippen LogP contribution in [0.4, 0.5) is 4.39 Å². The molecule has 1 nitrogen and oxygen atoms in total. The van der Waals surface area contributed by atoms with Crippen LogP contribution in [0, 0.1) is 11.2 Å². The minimum atomic E-state index is -0.168. The Morgan fingerprint density at radius 3 is 2.62 bits per heavy atom. The fourth-order valence-electron chi connectivity index (χ4n) is 3.56. The van der Waals surface area contributed by atoms with Crippen molar-refractivity contribution in [3.8, 4) is 0 Å². The Bertz CT molecular complexity index is 441. The summed E-state index contributed by atoms with van der Waals surface area (Å²) in [6.07, 6.45) is 10.4. The van der Waals surface area contributed by atoms with Gasteiger partial charge in [-0.15, -0.1) is 0 Å². The zero-order chi connectivity index (χ0) is 15.1. The molecule has 1 fully saturated rings. The summed E-state index contributed by atoms with van der Waals surface area (Å²) >= 11 is 3.29. The molecule has 0 saturated heterocycles. The van der Waals surface area contributed by atoms with Crippen LogP contribution in [0.25, 0.3) is 0 Å². The number of halogens is 2. The highest BCUT2D eigenvalue weighted by atomic mass is 79.9. The van der Waals surface area contributed by atoms with Crippen LogP contribution in [-0.4, -0.2) is 13.1 Å². The summed E-state index contributed by atoms with van der Waals surface area (Å²) in [5.41, 5.74) is 1.75. The molecule has 2 rings (SSSR count). The van der Waals surface area contributed by atoms with Gasteiger partial charge in [0.15, 0.2) is 0 Å². The maximum Gasteiger partial charge on any atom is 0.137 e. The summed E-state index contributed by atoms with van der Waals surface area (Å²) in [5, 5.41) is 3.48. The first-order chi connectivity index (χ1) is 10.2. The number of nitrogens with one attached hydrogen (secondary N) is 1. The van der Waals surface area contributed by atoms with E-state index in [9.17, 15) is 4.39 Å². The third-order valence-corrected chi connectivity index (χ3v) is 5.53. The van der Waals surface area contributed by atoms with Gasteiger partial charge in [-0.25, -0.2) is 4.39 Å². The van der Waals surface area contributed by atoms with E-state index in [-0.39, 0.29) is 5.82 Å². The van der Waals surface area contributed by atoms with Gasteiger partial charge in [0.1, 0.15) is 5.82 Å². The first kappa shape index (κ1) is 17.0. The van der Waals surface area contributed by atoms with Gasteiger partial charge >= 0.3 is 0 Å². The lowest BCUT2D eigenvalue weighted by Crippen LogP contribution is -2.30. The van der Waals surface area contributed by atoms with Crippen LogP contribution in [0.3, 0.4) is 0 Å². The van der Waals surface area contributed by atoms with Gasteiger partial charge < -0.3 is 5.32 Å². The molecule has 3 heteroatoms. The van der Waals surface area contributed by atoms with Crippen LogP contribution in [0.2, 0.25) is 0 Å². The van der Waals surface area contributed by atoms with E-state index in [0.29, 0.717) is 9.89 Å². The monoisotopic (exact) mass is 355 g/mol. The molecule has 1 aliphatic rings. The molecule has 0 atom stereocenters. The molecule has 1 saturated carbocycles. The molecule has 0 bridgehead atoms. The molecule has 0 aliphatic heterocycles. The maximum absolute atomic E-state index is 13.3. The van der Waals surface area contributed by atoms with E-state index < -0.39 is 0 Å². The average Bonchev–Trinajstić information content (AvgIpc) is 2.50. The second-order valence-electron chi connectivity index (χ2n) is 6.41. The number of hydrogen-bond donors (Lipinski definition) is 1. The first-order valence-corrected chi connectivity index (χ1v) is 9.09. The van der Waals surface area contributed by atoms with Crippen LogP contribution in [0.1, 0.15) is 57.4 Å². The minimum absolute atomic E-state index is 0.168. The van der Waals surface area contributed by atoms with Crippen molar-refractivity contribution in [1.29, 1.82) is 0 Å². The molecule has 0 heterocycles. The van der Waals surface area contributed by atoms with Crippen molar-refractivity contribution >= 4 is 15.9 Å². The highest BCUT2D eigenvalue weighted by molar-refractivity contribution is 9.10. The van der Waals surface area contributed by atoms with E-state index in [4.69, 9.17) is 0 Å². The SMILES string of the molecule is CCNCCC1(CCc2ccc(F)c(Br)c2)CCCCC1. The first-order valence-electron chi connectivity index (χ1n) is 8.30. The van der Waals surface area contributed by atoms with Crippen molar-refractivity contribution in [3.05, 3.63) is 34.1 Å². The molecule has 1 aliphatic carbocycles. The van der Waals surface area contributed by atoms with Gasteiger partial charge in [-0.3, -0.25) is 0 Å². The standard InChI is InChI=1S/C18H27BrFN/c1-2-21-13-12-18(9-4-3-5-10-18)11-8-15-6-7-17(20)16(19)14-15/h6-7,14,21H,2-5,8-13H2,1H3. The van der Waals surface area contributed by atoms with Gasteiger partial charge in [0, 0.05) is 0 Å². The molecule has 0 aromatic heterocycles. The molecule has 1 aromatic carbocycles. The second kappa shape index (κ2) is 8.28. The summed E-state index contributed by atoms with van der Waals surface area (Å²) in [6.45, 7) is 4.36. The Hall–Kier alpha value is -0.410. The van der Waals surface area contributed by atoms with E-state index >= 15 is 0 Å². The van der Waals surface area contributed by atoms with E-state index in [0.717, 1.165) is 19.5 Å². The number of aryl methyl sites for hydroxylation is 1. The Morgan fingerprint density at radius 2 is 1.95 bits per heavy atom. The number of benzene rings is 1. The average molecular weight is 356 g/mol. The fourth-order valence-corrected chi connectivity index (χ4v) is 3.99. The molecule has 0 radical (unpaired) electrons. The van der Waals surface area contributed by atoms with E-state index in [2.05, 4.69) is 28.2 Å². The molecule has 1 aromatic rings. The largest absolute Gasteiger partial charge is 0.317 e. The lowest BCUT2D eigenvalue weighted by atomic mass is 9.68. The van der Waals surface area contributed by atoms with E-state index in [1.54, 1.807) is 6.07 Å². The zero-order valence-corrected chi connectivity index (χ0v) is 14.6. The fraction of sp³-hybridized carbons (Fsp3) is 0.667. The summed E-state index contributed by atoms with van der Waals surface area (Å²) in [5.74, 6) is -0.168. The van der Waals surface area contributed by atoms with Crippen LogP contribution in [-0.2, 0) is 6.42 Å². The van der Waals surface area contributed by atoms with Gasteiger partial charge in [0.25, 0.3) is 0 Å². The molecular formula is C18H27BrFN. The van der Waals surface area contributed by atoms with Gasteiger partial charge in [-0.05, 0) is 84.2 Å². The van der Waals surface area contributed by atoms with Crippen molar-refractivity contribution in [2.75, 3.05) is 13.1 Å². The lowest BCUT2D eigenvalue weighted by molar-refractivity contribution is 0.157. The predicted molar refractivity (Wildman–Crippen MR) is 91.1 cm³/mol. The normalized spacial score (nSPS) is 17.9. The van der Waals surface area contributed by atoms with Crippen LogP contribution in [0.5, 0.6) is 0 Å². The van der Waals surface area contributed by atoms with Crippen molar-refractivity contribution in [2.24, 2.45) is 5.41 Å². The zero-order valence-electron chi connectivity index (χ0n) is 13.1. The van der Waals surface area contributed by atoms with Gasteiger partial charge in [-0.2, -0.15) is 0 Å². The minimum Gasteiger partial charge on any atom is -0.317 e. The van der Waals surface area contributed by atoms with Gasteiger partial charge in [-0.1, -0.05) is 32.3 Å². The summed E-state index contributed by atoms with van der Waals surface area (Å²) in [6, 6.07) is 5.45. The lowest BCUT2D eigenvalue weighted by Gasteiger charge is -2.38.